The molecule has 0 saturated carbocycles. The monoisotopic (exact) mass is 181 g/mol. The predicted molar refractivity (Wildman–Crippen MR) is 54.3 cm³/mol. The van der Waals surface area contributed by atoms with Crippen LogP contribution < -0.4 is 5.73 Å². The molecule has 1 aromatic heterocycles. The topological polar surface area (TPSA) is 54.7 Å². The Morgan fingerprint density at radius 3 is 2.62 bits per heavy atom. The first kappa shape index (κ1) is 10.3. The molecule has 0 aliphatic rings. The number of aromatic nitrogens is 2. The van der Waals surface area contributed by atoms with Crippen LogP contribution in [0.15, 0.2) is 6.20 Å². The number of nitrogens with two attached hydrogens (primary N) is 1. The molecule has 3 nitrogen and oxygen atoms in total. The van der Waals surface area contributed by atoms with Gasteiger partial charge >= 0.3 is 0 Å². The molecule has 1 rings (SSSR count). The standard InChI is InChI=1S/C10H19N3/c1-10(2,3)5-4-8-7-12-9(6-11)13-8/h7H,4-6,11H2,1-3H3,(H,12,13). The van der Waals surface area contributed by atoms with Crippen LogP contribution in [-0.2, 0) is 13.0 Å². The molecule has 74 valence electrons. The zero-order chi connectivity index (χ0) is 9.90. The van der Waals surface area contributed by atoms with Crippen molar-refractivity contribution in [1.82, 2.24) is 9.97 Å². The van der Waals surface area contributed by atoms with E-state index in [2.05, 4.69) is 30.7 Å². The van der Waals surface area contributed by atoms with E-state index in [1.165, 1.54) is 12.1 Å². The summed E-state index contributed by atoms with van der Waals surface area (Å²) < 4.78 is 0. The van der Waals surface area contributed by atoms with Gasteiger partial charge < -0.3 is 10.7 Å². The lowest BCUT2D eigenvalue weighted by Crippen LogP contribution is -2.06. The van der Waals surface area contributed by atoms with Crippen LogP contribution in [0.4, 0.5) is 0 Å². The summed E-state index contributed by atoms with van der Waals surface area (Å²) >= 11 is 0. The maximum absolute atomic E-state index is 5.45. The van der Waals surface area contributed by atoms with E-state index in [0.29, 0.717) is 12.0 Å². The van der Waals surface area contributed by atoms with Gasteiger partial charge in [-0.25, -0.2) is 4.98 Å². The summed E-state index contributed by atoms with van der Waals surface area (Å²) in [6.07, 6.45) is 4.10. The molecule has 0 aromatic carbocycles. The molecule has 0 saturated heterocycles. The van der Waals surface area contributed by atoms with Gasteiger partial charge in [-0.15, -0.1) is 0 Å². The van der Waals surface area contributed by atoms with Gasteiger partial charge in [-0.1, -0.05) is 20.8 Å². The van der Waals surface area contributed by atoms with Gasteiger partial charge in [0.2, 0.25) is 0 Å². The van der Waals surface area contributed by atoms with Gasteiger partial charge in [0, 0.05) is 11.9 Å². The van der Waals surface area contributed by atoms with Crippen LogP contribution in [0.2, 0.25) is 0 Å². The van der Waals surface area contributed by atoms with Gasteiger partial charge in [-0.3, -0.25) is 0 Å². The lowest BCUT2D eigenvalue weighted by atomic mass is 9.90. The quantitative estimate of drug-likeness (QED) is 0.747. The minimum atomic E-state index is 0.383. The Morgan fingerprint density at radius 2 is 2.15 bits per heavy atom. The highest BCUT2D eigenvalue weighted by molar-refractivity contribution is 5.01. The smallest absolute Gasteiger partial charge is 0.120 e. The van der Waals surface area contributed by atoms with Crippen LogP contribution in [0.25, 0.3) is 0 Å². The van der Waals surface area contributed by atoms with Crippen molar-refractivity contribution < 1.29 is 0 Å². The van der Waals surface area contributed by atoms with Crippen LogP contribution in [0.3, 0.4) is 0 Å². The number of aromatic amines is 1. The van der Waals surface area contributed by atoms with Gasteiger partial charge in [-0.2, -0.15) is 0 Å². The van der Waals surface area contributed by atoms with E-state index in [1.54, 1.807) is 0 Å². The second-order valence-electron chi connectivity index (χ2n) is 4.62. The van der Waals surface area contributed by atoms with E-state index in [-0.39, 0.29) is 0 Å². The van der Waals surface area contributed by atoms with Crippen molar-refractivity contribution in [3.05, 3.63) is 17.7 Å². The molecule has 13 heavy (non-hydrogen) atoms. The summed E-state index contributed by atoms with van der Waals surface area (Å²) in [4.78, 5) is 7.35. The SMILES string of the molecule is CC(C)(C)CCc1cnc(CN)[nH]1. The summed E-state index contributed by atoms with van der Waals surface area (Å²) in [5, 5.41) is 0. The summed E-state index contributed by atoms with van der Waals surface area (Å²) in [6.45, 7) is 7.23. The Labute approximate surface area is 79.8 Å². The first-order valence-electron chi connectivity index (χ1n) is 4.74. The molecule has 0 bridgehead atoms. The van der Waals surface area contributed by atoms with E-state index in [1.807, 2.05) is 6.20 Å². The van der Waals surface area contributed by atoms with Crippen molar-refractivity contribution >= 4 is 0 Å². The van der Waals surface area contributed by atoms with Gasteiger partial charge in [0.1, 0.15) is 5.82 Å². The van der Waals surface area contributed by atoms with E-state index < -0.39 is 0 Å². The van der Waals surface area contributed by atoms with Crippen molar-refractivity contribution in [2.45, 2.75) is 40.2 Å². The average molecular weight is 181 g/mol. The number of rotatable bonds is 3. The maximum atomic E-state index is 5.45. The number of H-pyrrole nitrogens is 1. The Kier molecular flexibility index (Phi) is 3.09. The number of nitrogens with one attached hydrogen (secondary N) is 1. The van der Waals surface area contributed by atoms with Gasteiger partial charge in [0.25, 0.3) is 0 Å². The lowest BCUT2D eigenvalue weighted by molar-refractivity contribution is 0.376. The Hall–Kier alpha value is -0.830. The third-order valence-corrected chi connectivity index (χ3v) is 2.02. The molecule has 0 amide bonds. The van der Waals surface area contributed by atoms with Crippen LogP contribution in [0.5, 0.6) is 0 Å². The van der Waals surface area contributed by atoms with Gasteiger partial charge in [0.05, 0.1) is 6.54 Å². The van der Waals surface area contributed by atoms with Crippen LogP contribution >= 0.6 is 0 Å². The summed E-state index contributed by atoms with van der Waals surface area (Å²) in [7, 11) is 0. The molecular formula is C10H19N3. The fourth-order valence-corrected chi connectivity index (χ4v) is 1.15. The molecule has 3 heteroatoms. The largest absolute Gasteiger partial charge is 0.345 e. The number of aryl methyl sites for hydroxylation is 1. The molecule has 0 unspecified atom stereocenters. The maximum Gasteiger partial charge on any atom is 0.120 e. The van der Waals surface area contributed by atoms with E-state index in [4.69, 9.17) is 5.73 Å². The van der Waals surface area contributed by atoms with Gasteiger partial charge in [0.15, 0.2) is 0 Å². The third kappa shape index (κ3) is 3.59. The van der Waals surface area contributed by atoms with Crippen LogP contribution in [0, 0.1) is 5.41 Å². The summed E-state index contributed by atoms with van der Waals surface area (Å²) in [5.74, 6) is 0.879. The molecule has 0 atom stereocenters. The van der Waals surface area contributed by atoms with Crippen molar-refractivity contribution in [3.63, 3.8) is 0 Å². The predicted octanol–water partition coefficient (Wildman–Crippen LogP) is 1.85. The molecule has 1 heterocycles. The summed E-state index contributed by atoms with van der Waals surface area (Å²) in [6, 6.07) is 0. The van der Waals surface area contributed by atoms with E-state index in [9.17, 15) is 0 Å². The minimum Gasteiger partial charge on any atom is -0.345 e. The zero-order valence-corrected chi connectivity index (χ0v) is 8.72. The molecule has 3 N–H and O–H groups in total. The third-order valence-electron chi connectivity index (χ3n) is 2.02. The Morgan fingerprint density at radius 1 is 1.46 bits per heavy atom. The molecule has 0 fully saturated rings. The lowest BCUT2D eigenvalue weighted by Gasteiger charge is -2.16. The number of nitrogens with zero attached hydrogens (tertiary/aromatic N) is 1. The zero-order valence-electron chi connectivity index (χ0n) is 8.72. The highest BCUT2D eigenvalue weighted by Gasteiger charge is 2.10. The van der Waals surface area contributed by atoms with Gasteiger partial charge in [-0.05, 0) is 18.3 Å². The molecule has 0 aliphatic heterocycles. The molecule has 1 aromatic rings. The second kappa shape index (κ2) is 3.92. The van der Waals surface area contributed by atoms with E-state index in [0.717, 1.165) is 12.2 Å². The fourth-order valence-electron chi connectivity index (χ4n) is 1.15. The normalized spacial score (nSPS) is 12.0. The van der Waals surface area contributed by atoms with Crippen LogP contribution in [-0.4, -0.2) is 9.97 Å². The fraction of sp³-hybridized carbons (Fsp3) is 0.700. The number of imidazole rings is 1. The van der Waals surface area contributed by atoms with Crippen LogP contribution in [0.1, 0.15) is 38.7 Å². The molecule has 0 radical (unpaired) electrons. The van der Waals surface area contributed by atoms with Crippen molar-refractivity contribution in [3.8, 4) is 0 Å². The highest BCUT2D eigenvalue weighted by atomic mass is 14.9. The van der Waals surface area contributed by atoms with Crippen molar-refractivity contribution in [1.29, 1.82) is 0 Å². The molecule has 0 aliphatic carbocycles. The number of hydrogen-bond donors (Lipinski definition) is 2. The molecule has 0 spiro atoms. The second-order valence-corrected chi connectivity index (χ2v) is 4.62. The summed E-state index contributed by atoms with van der Waals surface area (Å²) in [5.41, 5.74) is 7.02. The molecular weight excluding hydrogens is 162 g/mol. The first-order valence-corrected chi connectivity index (χ1v) is 4.74. The van der Waals surface area contributed by atoms with Crippen molar-refractivity contribution in [2.24, 2.45) is 11.1 Å². The van der Waals surface area contributed by atoms with E-state index >= 15 is 0 Å². The highest BCUT2D eigenvalue weighted by Crippen LogP contribution is 2.20. The average Bonchev–Trinajstić information content (AvgIpc) is 2.47. The Balaban J connectivity index is 2.46. The minimum absolute atomic E-state index is 0.383. The number of hydrogen-bond acceptors (Lipinski definition) is 2. The Bertz CT molecular complexity index is 257. The van der Waals surface area contributed by atoms with Crippen molar-refractivity contribution in [2.75, 3.05) is 0 Å². The first-order chi connectivity index (χ1) is 6.01.